The summed E-state index contributed by atoms with van der Waals surface area (Å²) in [5, 5.41) is 0.579. The van der Waals surface area contributed by atoms with Crippen molar-refractivity contribution in [2.45, 2.75) is 38.5 Å². The van der Waals surface area contributed by atoms with E-state index in [4.69, 9.17) is 9.39 Å². The van der Waals surface area contributed by atoms with Crippen LogP contribution in [0.25, 0.3) is 0 Å². The summed E-state index contributed by atoms with van der Waals surface area (Å²) in [7, 11) is -4.82. The summed E-state index contributed by atoms with van der Waals surface area (Å²) in [6.07, 6.45) is 2.29. The van der Waals surface area contributed by atoms with E-state index in [1.165, 1.54) is 4.90 Å². The van der Waals surface area contributed by atoms with Crippen LogP contribution < -0.4 is 5.48 Å². The van der Waals surface area contributed by atoms with Crippen LogP contribution in [0.15, 0.2) is 6.20 Å². The molecule has 3 rings (SSSR count). The van der Waals surface area contributed by atoms with Crippen molar-refractivity contribution in [1.29, 1.82) is 0 Å². The minimum absolute atomic E-state index is 0.0529. The van der Waals surface area contributed by atoms with E-state index in [0.717, 1.165) is 0 Å². The first-order valence-electron chi connectivity index (χ1n) is 7.44. The summed E-state index contributed by atoms with van der Waals surface area (Å²) in [6, 6.07) is -2.17. The highest BCUT2D eigenvalue weighted by Gasteiger charge is 2.49. The monoisotopic (exact) mass is 375 g/mol. The van der Waals surface area contributed by atoms with Gasteiger partial charge in [-0.2, -0.15) is 13.5 Å². The van der Waals surface area contributed by atoms with Gasteiger partial charge in [0.25, 0.3) is 5.91 Å². The van der Waals surface area contributed by atoms with Crippen LogP contribution in [0.1, 0.15) is 24.4 Å². The quantitative estimate of drug-likeness (QED) is 0.434. The van der Waals surface area contributed by atoms with Gasteiger partial charge >= 0.3 is 16.4 Å². The highest BCUT2D eigenvalue weighted by molar-refractivity contribution is 7.80. The lowest BCUT2D eigenvalue weighted by atomic mass is 10.0. The van der Waals surface area contributed by atoms with Gasteiger partial charge in [0.05, 0.1) is 11.7 Å². The lowest BCUT2D eigenvalue weighted by Gasteiger charge is -2.28. The third-order valence-corrected chi connectivity index (χ3v) is 4.30. The highest BCUT2D eigenvalue weighted by atomic mass is 32.3. The number of H-pyrrole nitrogens is 1. The highest BCUT2D eigenvalue weighted by Crippen LogP contribution is 2.30. The molecule has 2 bridgehead atoms. The Labute approximate surface area is 142 Å². The molecular weight excluding hydrogens is 358 g/mol. The SMILES string of the molecule is Cc1nc(CONC(=O)[C@@H]2CCC3CN2C(=O)N3OS(=O)(=O)O)c[nH]1. The van der Waals surface area contributed by atoms with Gasteiger partial charge in [-0.1, -0.05) is 0 Å². The average molecular weight is 375 g/mol. The zero-order valence-electron chi connectivity index (χ0n) is 13.2. The molecule has 138 valence electrons. The number of piperidine rings is 1. The number of carbonyl (C=O) groups excluding carboxylic acids is 2. The van der Waals surface area contributed by atoms with E-state index in [1.807, 2.05) is 0 Å². The first kappa shape index (κ1) is 17.6. The minimum Gasteiger partial charge on any atom is -0.348 e. The molecule has 3 N–H and O–H groups in total. The second-order valence-corrected chi connectivity index (χ2v) is 6.75. The molecule has 0 aliphatic carbocycles. The van der Waals surface area contributed by atoms with Crippen LogP contribution in [-0.4, -0.2) is 63.5 Å². The predicted molar refractivity (Wildman–Crippen MR) is 79.6 cm³/mol. The number of nitrogens with one attached hydrogen (secondary N) is 2. The molecular formula is C12H17N5O7S. The van der Waals surface area contributed by atoms with E-state index in [2.05, 4.69) is 19.7 Å². The second kappa shape index (κ2) is 6.59. The van der Waals surface area contributed by atoms with E-state index < -0.39 is 34.4 Å². The van der Waals surface area contributed by atoms with E-state index >= 15 is 0 Å². The van der Waals surface area contributed by atoms with Crippen molar-refractivity contribution in [3.8, 4) is 0 Å². The molecule has 2 atom stereocenters. The molecule has 1 unspecified atom stereocenters. The van der Waals surface area contributed by atoms with Crippen molar-refractivity contribution in [2.24, 2.45) is 0 Å². The number of carbonyl (C=O) groups is 2. The van der Waals surface area contributed by atoms with Gasteiger partial charge < -0.3 is 9.88 Å². The maximum Gasteiger partial charge on any atom is 0.418 e. The molecule has 2 aliphatic rings. The molecule has 2 saturated heterocycles. The summed E-state index contributed by atoms with van der Waals surface area (Å²) >= 11 is 0. The van der Waals surface area contributed by atoms with Gasteiger partial charge in [-0.3, -0.25) is 14.2 Å². The molecule has 13 heteroatoms. The van der Waals surface area contributed by atoms with Gasteiger partial charge in [0.1, 0.15) is 18.5 Å². The molecule has 0 radical (unpaired) electrons. The fourth-order valence-corrected chi connectivity index (χ4v) is 3.28. The molecule has 1 aromatic heterocycles. The van der Waals surface area contributed by atoms with Crippen molar-refractivity contribution < 1.29 is 31.7 Å². The summed E-state index contributed by atoms with van der Waals surface area (Å²) in [5.41, 5.74) is 2.87. The fraction of sp³-hybridized carbons (Fsp3) is 0.583. The molecule has 25 heavy (non-hydrogen) atoms. The number of aromatic nitrogens is 2. The predicted octanol–water partition coefficient (Wildman–Crippen LogP) is -0.731. The number of imidazole rings is 1. The van der Waals surface area contributed by atoms with Gasteiger partial charge in [-0.25, -0.2) is 15.3 Å². The summed E-state index contributed by atoms with van der Waals surface area (Å²) < 4.78 is 34.7. The van der Waals surface area contributed by atoms with E-state index in [-0.39, 0.29) is 13.2 Å². The van der Waals surface area contributed by atoms with Crippen molar-refractivity contribution in [3.63, 3.8) is 0 Å². The Morgan fingerprint density at radius 3 is 2.92 bits per heavy atom. The number of fused-ring (bicyclic) bond motifs is 2. The number of hydroxylamine groups is 3. The lowest BCUT2D eigenvalue weighted by Crippen LogP contribution is -2.49. The van der Waals surface area contributed by atoms with Crippen LogP contribution in [-0.2, 0) is 30.9 Å². The number of rotatable bonds is 6. The largest absolute Gasteiger partial charge is 0.418 e. The van der Waals surface area contributed by atoms with E-state index in [9.17, 15) is 18.0 Å². The Bertz CT molecular complexity index is 779. The zero-order chi connectivity index (χ0) is 18.2. The molecule has 0 aromatic carbocycles. The van der Waals surface area contributed by atoms with Gasteiger partial charge in [0.2, 0.25) is 0 Å². The summed E-state index contributed by atoms with van der Waals surface area (Å²) in [4.78, 5) is 37.7. The smallest absolute Gasteiger partial charge is 0.348 e. The average Bonchev–Trinajstić information content (AvgIpc) is 3.04. The third kappa shape index (κ3) is 3.89. The molecule has 3 amide bonds. The van der Waals surface area contributed by atoms with Gasteiger partial charge in [-0.05, 0) is 19.8 Å². The normalized spacial score (nSPS) is 23.2. The number of nitrogens with zero attached hydrogens (tertiary/aromatic N) is 3. The second-order valence-electron chi connectivity index (χ2n) is 5.74. The van der Waals surface area contributed by atoms with Crippen LogP contribution in [0.3, 0.4) is 0 Å². The molecule has 0 spiro atoms. The molecule has 3 heterocycles. The van der Waals surface area contributed by atoms with Crippen LogP contribution in [0.2, 0.25) is 0 Å². The van der Waals surface area contributed by atoms with E-state index in [1.54, 1.807) is 13.1 Å². The summed E-state index contributed by atoms with van der Waals surface area (Å²) in [5.74, 6) is 0.178. The van der Waals surface area contributed by atoms with Crippen LogP contribution in [0.5, 0.6) is 0 Å². The minimum atomic E-state index is -4.82. The molecule has 2 fully saturated rings. The van der Waals surface area contributed by atoms with Gasteiger partial charge in [-0.15, -0.1) is 4.28 Å². The number of amides is 3. The molecule has 1 aromatic rings. The number of aryl methyl sites for hydroxylation is 1. The van der Waals surface area contributed by atoms with Crippen LogP contribution >= 0.6 is 0 Å². The fourth-order valence-electron chi connectivity index (χ4n) is 2.89. The van der Waals surface area contributed by atoms with Crippen molar-refractivity contribution in [3.05, 3.63) is 17.7 Å². The first-order valence-corrected chi connectivity index (χ1v) is 8.80. The lowest BCUT2D eigenvalue weighted by molar-refractivity contribution is -0.140. The third-order valence-electron chi connectivity index (χ3n) is 3.95. The van der Waals surface area contributed by atoms with Gasteiger partial charge in [0, 0.05) is 12.7 Å². The summed E-state index contributed by atoms with van der Waals surface area (Å²) in [6.45, 7) is 1.95. The van der Waals surface area contributed by atoms with Crippen molar-refractivity contribution in [1.82, 2.24) is 25.4 Å². The Balaban J connectivity index is 1.56. The maximum atomic E-state index is 12.2. The Hall–Kier alpha value is -2.22. The first-order chi connectivity index (χ1) is 11.7. The zero-order valence-corrected chi connectivity index (χ0v) is 14.0. The Kier molecular flexibility index (Phi) is 4.64. The van der Waals surface area contributed by atoms with Crippen molar-refractivity contribution in [2.75, 3.05) is 6.54 Å². The number of hydrogen-bond acceptors (Lipinski definition) is 7. The number of hydrogen-bond donors (Lipinski definition) is 3. The standard InChI is InChI=1S/C12H17N5O7S/c1-7-13-4-8(14-7)6-23-15-11(18)10-3-2-9-5-16(10)12(19)17(9)24-25(20,21)22/h4,9-10H,2-3,5-6H2,1H3,(H,13,14)(H,15,18)(H,20,21,22)/t9?,10-/m0/s1. The van der Waals surface area contributed by atoms with Crippen LogP contribution in [0.4, 0.5) is 4.79 Å². The molecule has 2 aliphatic heterocycles. The Morgan fingerprint density at radius 2 is 2.28 bits per heavy atom. The molecule has 12 nitrogen and oxygen atoms in total. The number of aromatic amines is 1. The van der Waals surface area contributed by atoms with Gasteiger partial charge in [0.15, 0.2) is 0 Å². The topological polar surface area (TPSA) is 154 Å². The molecule has 0 saturated carbocycles. The Morgan fingerprint density at radius 1 is 1.52 bits per heavy atom. The number of urea groups is 1. The van der Waals surface area contributed by atoms with Crippen LogP contribution in [0, 0.1) is 6.92 Å². The van der Waals surface area contributed by atoms with E-state index in [0.29, 0.717) is 29.4 Å². The maximum absolute atomic E-state index is 12.2. The van der Waals surface area contributed by atoms with Crippen molar-refractivity contribution >= 4 is 22.3 Å².